The molecule has 13 heavy (non-hydrogen) atoms. The minimum Gasteiger partial charge on any atom is -0.370 e. The van der Waals surface area contributed by atoms with Crippen molar-refractivity contribution < 1.29 is 0 Å². The van der Waals surface area contributed by atoms with Crippen molar-refractivity contribution >= 4 is 5.96 Å². The van der Waals surface area contributed by atoms with E-state index in [0.717, 1.165) is 5.56 Å². The first-order valence-corrected chi connectivity index (χ1v) is 4.25. The van der Waals surface area contributed by atoms with Gasteiger partial charge in [-0.05, 0) is 19.4 Å². The van der Waals surface area contributed by atoms with E-state index in [4.69, 9.17) is 11.5 Å². The minimum absolute atomic E-state index is 0.0330. The lowest BCUT2D eigenvalue weighted by Gasteiger charge is -2.06. The molecule has 0 bridgehead atoms. The summed E-state index contributed by atoms with van der Waals surface area (Å²) in [5.74, 6) is 0.132. The topological polar surface area (TPSA) is 64.4 Å². The third-order valence-corrected chi connectivity index (χ3v) is 1.90. The van der Waals surface area contributed by atoms with Gasteiger partial charge in [0.1, 0.15) is 0 Å². The van der Waals surface area contributed by atoms with Crippen LogP contribution in [0.15, 0.2) is 29.3 Å². The first kappa shape index (κ1) is 9.58. The van der Waals surface area contributed by atoms with Crippen LogP contribution in [0.1, 0.15) is 24.1 Å². The van der Waals surface area contributed by atoms with Crippen LogP contribution in [0.25, 0.3) is 0 Å². The Morgan fingerprint density at radius 2 is 1.77 bits per heavy atom. The van der Waals surface area contributed by atoms with Crippen molar-refractivity contribution in [3.05, 3.63) is 35.4 Å². The monoisotopic (exact) mass is 177 g/mol. The van der Waals surface area contributed by atoms with Gasteiger partial charge in [0.15, 0.2) is 5.96 Å². The summed E-state index contributed by atoms with van der Waals surface area (Å²) < 4.78 is 0. The molecule has 0 saturated carbocycles. The average Bonchev–Trinajstić information content (AvgIpc) is 2.04. The second-order valence-corrected chi connectivity index (χ2v) is 3.14. The van der Waals surface area contributed by atoms with Crippen molar-refractivity contribution in [1.82, 2.24) is 0 Å². The summed E-state index contributed by atoms with van der Waals surface area (Å²) in [7, 11) is 0. The number of hydrogen-bond donors (Lipinski definition) is 2. The summed E-state index contributed by atoms with van der Waals surface area (Å²) in [6.45, 7) is 4.01. The quantitative estimate of drug-likeness (QED) is 0.528. The minimum atomic E-state index is 0.0330. The normalized spacial score (nSPS) is 12.2. The third kappa shape index (κ3) is 2.78. The van der Waals surface area contributed by atoms with Crippen molar-refractivity contribution in [2.45, 2.75) is 19.9 Å². The van der Waals surface area contributed by atoms with Gasteiger partial charge in [-0.25, -0.2) is 4.99 Å². The molecule has 3 heteroatoms. The summed E-state index contributed by atoms with van der Waals surface area (Å²) in [6.07, 6.45) is 0. The fourth-order valence-corrected chi connectivity index (χ4v) is 1.14. The van der Waals surface area contributed by atoms with Crippen LogP contribution in [-0.2, 0) is 0 Å². The standard InChI is InChI=1S/C10H15N3/c1-7-3-5-9(6-4-7)8(2)13-10(11)12/h3-6,8H,1-2H3,(H4,11,12,13). The summed E-state index contributed by atoms with van der Waals surface area (Å²) in [5, 5.41) is 0. The fourth-order valence-electron chi connectivity index (χ4n) is 1.14. The van der Waals surface area contributed by atoms with Gasteiger partial charge >= 0.3 is 0 Å². The number of rotatable bonds is 2. The molecule has 70 valence electrons. The Bertz CT molecular complexity index is 296. The maximum Gasteiger partial charge on any atom is 0.186 e. The Morgan fingerprint density at radius 1 is 1.23 bits per heavy atom. The van der Waals surface area contributed by atoms with Gasteiger partial charge in [-0.2, -0.15) is 0 Å². The van der Waals surface area contributed by atoms with Crippen molar-refractivity contribution in [3.8, 4) is 0 Å². The van der Waals surface area contributed by atoms with E-state index in [2.05, 4.69) is 11.9 Å². The van der Waals surface area contributed by atoms with Crippen molar-refractivity contribution in [2.75, 3.05) is 0 Å². The number of aliphatic imine (C=N–C) groups is 1. The molecule has 0 heterocycles. The molecule has 0 fully saturated rings. The Hall–Kier alpha value is -1.51. The number of guanidine groups is 1. The van der Waals surface area contributed by atoms with Crippen molar-refractivity contribution in [1.29, 1.82) is 0 Å². The molecule has 0 radical (unpaired) electrons. The predicted octanol–water partition coefficient (Wildman–Crippen LogP) is 1.33. The molecular weight excluding hydrogens is 162 g/mol. The SMILES string of the molecule is Cc1ccc(C(C)N=C(N)N)cc1. The highest BCUT2D eigenvalue weighted by Gasteiger charge is 2.01. The van der Waals surface area contributed by atoms with E-state index >= 15 is 0 Å². The van der Waals surface area contributed by atoms with Gasteiger partial charge in [-0.15, -0.1) is 0 Å². The third-order valence-electron chi connectivity index (χ3n) is 1.90. The first-order chi connectivity index (χ1) is 6.09. The van der Waals surface area contributed by atoms with Crippen LogP contribution in [0.3, 0.4) is 0 Å². The van der Waals surface area contributed by atoms with Crippen LogP contribution in [0.2, 0.25) is 0 Å². The maximum atomic E-state index is 5.29. The van der Waals surface area contributed by atoms with E-state index in [1.165, 1.54) is 5.56 Å². The van der Waals surface area contributed by atoms with Crippen LogP contribution in [-0.4, -0.2) is 5.96 Å². The molecule has 0 aliphatic carbocycles. The Kier molecular flexibility index (Phi) is 2.90. The van der Waals surface area contributed by atoms with Crippen LogP contribution in [0.4, 0.5) is 0 Å². The van der Waals surface area contributed by atoms with E-state index in [0.29, 0.717) is 0 Å². The maximum absolute atomic E-state index is 5.29. The highest BCUT2D eigenvalue weighted by atomic mass is 15.0. The molecule has 0 spiro atoms. The highest BCUT2D eigenvalue weighted by Crippen LogP contribution is 2.16. The zero-order valence-electron chi connectivity index (χ0n) is 7.99. The van der Waals surface area contributed by atoms with Crippen molar-refractivity contribution in [3.63, 3.8) is 0 Å². The first-order valence-electron chi connectivity index (χ1n) is 4.25. The number of aryl methyl sites for hydroxylation is 1. The molecule has 1 aromatic rings. The van der Waals surface area contributed by atoms with E-state index in [-0.39, 0.29) is 12.0 Å². The number of nitrogens with two attached hydrogens (primary N) is 2. The Balaban J connectivity index is 2.83. The van der Waals surface area contributed by atoms with Crippen LogP contribution in [0.5, 0.6) is 0 Å². The molecule has 1 rings (SSSR count). The molecule has 1 aromatic carbocycles. The second-order valence-electron chi connectivity index (χ2n) is 3.14. The van der Waals surface area contributed by atoms with E-state index in [1.54, 1.807) is 0 Å². The van der Waals surface area contributed by atoms with Gasteiger partial charge in [0.25, 0.3) is 0 Å². The number of benzene rings is 1. The molecular formula is C10H15N3. The van der Waals surface area contributed by atoms with Gasteiger partial charge in [0, 0.05) is 0 Å². The Labute approximate surface area is 78.5 Å². The lowest BCUT2D eigenvalue weighted by molar-refractivity contribution is 0.815. The van der Waals surface area contributed by atoms with Gasteiger partial charge < -0.3 is 11.5 Å². The van der Waals surface area contributed by atoms with Crippen LogP contribution < -0.4 is 11.5 Å². The average molecular weight is 177 g/mol. The van der Waals surface area contributed by atoms with Gasteiger partial charge in [0.2, 0.25) is 0 Å². The molecule has 0 aliphatic heterocycles. The molecule has 0 aliphatic rings. The summed E-state index contributed by atoms with van der Waals surface area (Å²) in [6, 6.07) is 8.20. The summed E-state index contributed by atoms with van der Waals surface area (Å²) in [4.78, 5) is 4.05. The van der Waals surface area contributed by atoms with E-state index in [9.17, 15) is 0 Å². The summed E-state index contributed by atoms with van der Waals surface area (Å²) in [5.41, 5.74) is 12.9. The van der Waals surface area contributed by atoms with Crippen molar-refractivity contribution in [2.24, 2.45) is 16.5 Å². The number of hydrogen-bond acceptors (Lipinski definition) is 1. The van der Waals surface area contributed by atoms with Gasteiger partial charge in [0.05, 0.1) is 6.04 Å². The summed E-state index contributed by atoms with van der Waals surface area (Å²) >= 11 is 0. The smallest absolute Gasteiger partial charge is 0.186 e. The molecule has 0 amide bonds. The predicted molar refractivity (Wildman–Crippen MR) is 55.4 cm³/mol. The van der Waals surface area contributed by atoms with E-state index < -0.39 is 0 Å². The highest BCUT2D eigenvalue weighted by molar-refractivity contribution is 5.75. The Morgan fingerprint density at radius 3 is 2.23 bits per heavy atom. The second kappa shape index (κ2) is 3.94. The fraction of sp³-hybridized carbons (Fsp3) is 0.300. The van der Waals surface area contributed by atoms with Crippen LogP contribution in [0, 0.1) is 6.92 Å². The molecule has 1 atom stereocenters. The van der Waals surface area contributed by atoms with Crippen LogP contribution >= 0.6 is 0 Å². The lowest BCUT2D eigenvalue weighted by atomic mass is 10.1. The molecule has 0 saturated heterocycles. The lowest BCUT2D eigenvalue weighted by Crippen LogP contribution is -2.23. The molecule has 1 unspecified atom stereocenters. The van der Waals surface area contributed by atoms with Gasteiger partial charge in [-0.1, -0.05) is 29.8 Å². The van der Waals surface area contributed by atoms with E-state index in [1.807, 2.05) is 31.2 Å². The zero-order valence-corrected chi connectivity index (χ0v) is 7.99. The zero-order chi connectivity index (χ0) is 9.84. The molecule has 0 aromatic heterocycles. The molecule has 4 N–H and O–H groups in total. The number of nitrogens with zero attached hydrogens (tertiary/aromatic N) is 1. The largest absolute Gasteiger partial charge is 0.370 e. The molecule has 3 nitrogen and oxygen atoms in total. The van der Waals surface area contributed by atoms with Gasteiger partial charge in [-0.3, -0.25) is 0 Å².